The van der Waals surface area contributed by atoms with Gasteiger partial charge in [0, 0.05) is 6.26 Å². The number of carbonyl (C=O) groups excluding carboxylic acids is 1. The lowest BCUT2D eigenvalue weighted by Gasteiger charge is -2.34. The third-order valence-electron chi connectivity index (χ3n) is 3.89. The van der Waals surface area contributed by atoms with Crippen molar-refractivity contribution in [2.24, 2.45) is 5.73 Å². The van der Waals surface area contributed by atoms with E-state index in [4.69, 9.17) is 10.5 Å². The SMILES string of the molecule is CS(=O)(=O)c1ccc(S(=O)(=O)N2C[C@@H](C(N)=O)Oc3ccccc32)cc1. The number of amides is 1. The van der Waals surface area contributed by atoms with Crippen molar-refractivity contribution in [2.45, 2.75) is 15.9 Å². The Morgan fingerprint density at radius 1 is 1.04 bits per heavy atom. The highest BCUT2D eigenvalue weighted by molar-refractivity contribution is 7.93. The van der Waals surface area contributed by atoms with Crippen molar-refractivity contribution in [1.82, 2.24) is 0 Å². The molecule has 0 aliphatic carbocycles. The van der Waals surface area contributed by atoms with Crippen LogP contribution in [0.15, 0.2) is 58.3 Å². The standard InChI is InChI=1S/C16H16N2O6S2/c1-25(20,21)11-6-8-12(9-7-11)26(22,23)18-10-15(16(17)19)24-14-5-3-2-4-13(14)18/h2-9,15H,10H2,1H3,(H2,17,19)/t15-/m0/s1. The van der Waals surface area contributed by atoms with Crippen LogP contribution in [0.1, 0.15) is 0 Å². The van der Waals surface area contributed by atoms with Gasteiger partial charge in [0.15, 0.2) is 15.9 Å². The highest BCUT2D eigenvalue weighted by Crippen LogP contribution is 2.36. The number of nitrogens with two attached hydrogens (primary N) is 1. The Morgan fingerprint density at radius 2 is 1.62 bits per heavy atom. The van der Waals surface area contributed by atoms with Gasteiger partial charge in [-0.15, -0.1) is 0 Å². The van der Waals surface area contributed by atoms with Crippen LogP contribution >= 0.6 is 0 Å². The average Bonchev–Trinajstić information content (AvgIpc) is 2.60. The number of primary amides is 1. The highest BCUT2D eigenvalue weighted by Gasteiger charge is 2.36. The topological polar surface area (TPSA) is 124 Å². The molecule has 0 saturated carbocycles. The summed E-state index contributed by atoms with van der Waals surface area (Å²) in [5.41, 5.74) is 5.56. The maximum absolute atomic E-state index is 13.0. The predicted octanol–water partition coefficient (Wildman–Crippen LogP) is 0.532. The van der Waals surface area contributed by atoms with Crippen LogP contribution < -0.4 is 14.8 Å². The summed E-state index contributed by atoms with van der Waals surface area (Å²) in [6.45, 7) is -0.275. The van der Waals surface area contributed by atoms with Crippen molar-refractivity contribution in [3.05, 3.63) is 48.5 Å². The fourth-order valence-electron chi connectivity index (χ4n) is 2.56. The van der Waals surface area contributed by atoms with Crippen molar-refractivity contribution in [3.63, 3.8) is 0 Å². The van der Waals surface area contributed by atoms with E-state index < -0.39 is 31.9 Å². The Bertz CT molecular complexity index is 1060. The fraction of sp³-hybridized carbons (Fsp3) is 0.188. The molecule has 0 spiro atoms. The van der Waals surface area contributed by atoms with Crippen molar-refractivity contribution in [1.29, 1.82) is 0 Å². The van der Waals surface area contributed by atoms with Crippen LogP contribution in [0.25, 0.3) is 0 Å². The smallest absolute Gasteiger partial charge is 0.264 e. The van der Waals surface area contributed by atoms with E-state index in [9.17, 15) is 21.6 Å². The molecule has 1 amide bonds. The molecule has 2 N–H and O–H groups in total. The third-order valence-corrected chi connectivity index (χ3v) is 6.81. The fourth-order valence-corrected chi connectivity index (χ4v) is 4.67. The van der Waals surface area contributed by atoms with Gasteiger partial charge in [-0.3, -0.25) is 9.10 Å². The van der Waals surface area contributed by atoms with Gasteiger partial charge in [0.2, 0.25) is 0 Å². The number of benzene rings is 2. The van der Waals surface area contributed by atoms with Crippen LogP contribution in [0.4, 0.5) is 5.69 Å². The van der Waals surface area contributed by atoms with E-state index in [1.807, 2.05) is 0 Å². The van der Waals surface area contributed by atoms with Gasteiger partial charge in [-0.05, 0) is 36.4 Å². The zero-order valence-corrected chi connectivity index (χ0v) is 15.3. The number of para-hydroxylation sites is 2. The molecule has 10 heteroatoms. The van der Waals surface area contributed by atoms with E-state index >= 15 is 0 Å². The normalized spacial score (nSPS) is 17.3. The summed E-state index contributed by atoms with van der Waals surface area (Å²) < 4.78 is 55.7. The Kier molecular flexibility index (Phi) is 4.41. The van der Waals surface area contributed by atoms with Crippen LogP contribution in [0.3, 0.4) is 0 Å². The number of fused-ring (bicyclic) bond motifs is 1. The summed E-state index contributed by atoms with van der Waals surface area (Å²) in [4.78, 5) is 11.4. The van der Waals surface area contributed by atoms with Crippen LogP contribution in [0, 0.1) is 0 Å². The molecule has 0 aromatic heterocycles. The first-order valence-electron chi connectivity index (χ1n) is 7.48. The molecule has 1 aliphatic heterocycles. The first-order valence-corrected chi connectivity index (χ1v) is 10.8. The Morgan fingerprint density at radius 3 is 2.19 bits per heavy atom. The molecule has 0 bridgehead atoms. The lowest BCUT2D eigenvalue weighted by Crippen LogP contribution is -2.49. The molecule has 1 atom stereocenters. The van der Waals surface area contributed by atoms with E-state index in [2.05, 4.69) is 0 Å². The van der Waals surface area contributed by atoms with E-state index in [0.29, 0.717) is 0 Å². The minimum atomic E-state index is -4.05. The second kappa shape index (κ2) is 6.29. The third kappa shape index (κ3) is 3.25. The van der Waals surface area contributed by atoms with Crippen molar-refractivity contribution >= 4 is 31.5 Å². The van der Waals surface area contributed by atoms with E-state index in [1.54, 1.807) is 24.3 Å². The van der Waals surface area contributed by atoms with Crippen LogP contribution in [-0.2, 0) is 24.7 Å². The number of ether oxygens (including phenoxy) is 1. The van der Waals surface area contributed by atoms with Gasteiger partial charge in [0.1, 0.15) is 5.75 Å². The van der Waals surface area contributed by atoms with Crippen LogP contribution in [-0.4, -0.2) is 41.6 Å². The van der Waals surface area contributed by atoms with Gasteiger partial charge in [-0.2, -0.15) is 0 Å². The summed E-state index contributed by atoms with van der Waals surface area (Å²) in [6, 6.07) is 11.2. The molecular formula is C16H16N2O6S2. The van der Waals surface area contributed by atoms with Crippen molar-refractivity contribution in [3.8, 4) is 5.75 Å². The van der Waals surface area contributed by atoms with Crippen molar-refractivity contribution < 1.29 is 26.4 Å². The first-order chi connectivity index (χ1) is 12.1. The number of sulfonamides is 1. The molecule has 0 radical (unpaired) electrons. The molecule has 138 valence electrons. The lowest BCUT2D eigenvalue weighted by atomic mass is 10.2. The first kappa shape index (κ1) is 18.2. The largest absolute Gasteiger partial charge is 0.476 e. The molecule has 2 aromatic carbocycles. The number of rotatable bonds is 4. The zero-order chi connectivity index (χ0) is 19.1. The number of anilines is 1. The predicted molar refractivity (Wildman–Crippen MR) is 94.1 cm³/mol. The molecular weight excluding hydrogens is 380 g/mol. The van der Waals surface area contributed by atoms with Crippen LogP contribution in [0.2, 0.25) is 0 Å². The molecule has 26 heavy (non-hydrogen) atoms. The molecule has 0 saturated heterocycles. The minimum Gasteiger partial charge on any atom is -0.476 e. The maximum atomic E-state index is 13.0. The maximum Gasteiger partial charge on any atom is 0.264 e. The van der Waals surface area contributed by atoms with E-state index in [0.717, 1.165) is 10.6 Å². The molecule has 1 aliphatic rings. The number of hydrogen-bond acceptors (Lipinski definition) is 6. The lowest BCUT2D eigenvalue weighted by molar-refractivity contribution is -0.124. The molecule has 0 fully saturated rings. The van der Waals surface area contributed by atoms with Gasteiger partial charge in [-0.25, -0.2) is 16.8 Å². The number of sulfone groups is 1. The van der Waals surface area contributed by atoms with Gasteiger partial charge < -0.3 is 10.5 Å². The van der Waals surface area contributed by atoms with E-state index in [-0.39, 0.29) is 27.8 Å². The van der Waals surface area contributed by atoms with Gasteiger partial charge in [0.25, 0.3) is 15.9 Å². The average molecular weight is 396 g/mol. The highest BCUT2D eigenvalue weighted by atomic mass is 32.2. The second-order valence-electron chi connectivity index (χ2n) is 5.76. The summed E-state index contributed by atoms with van der Waals surface area (Å²) in [5.74, 6) is -0.564. The van der Waals surface area contributed by atoms with Gasteiger partial charge in [-0.1, -0.05) is 12.1 Å². The van der Waals surface area contributed by atoms with Crippen molar-refractivity contribution in [2.75, 3.05) is 17.1 Å². The summed E-state index contributed by atoms with van der Waals surface area (Å²) >= 11 is 0. The molecule has 2 aromatic rings. The second-order valence-corrected chi connectivity index (χ2v) is 9.63. The zero-order valence-electron chi connectivity index (χ0n) is 13.7. The minimum absolute atomic E-state index is 0.00819. The number of nitrogens with zero attached hydrogens (tertiary/aromatic N) is 1. The Hall–Kier alpha value is -2.59. The summed E-state index contributed by atoms with van der Waals surface area (Å²) in [6.07, 6.45) is -0.0957. The summed E-state index contributed by atoms with van der Waals surface area (Å²) in [7, 11) is -7.50. The quantitative estimate of drug-likeness (QED) is 0.804. The molecule has 1 heterocycles. The summed E-state index contributed by atoms with van der Waals surface area (Å²) in [5, 5.41) is 0. The number of hydrogen-bond donors (Lipinski definition) is 1. The Labute approximate surface area is 151 Å². The molecule has 0 unspecified atom stereocenters. The van der Waals surface area contributed by atoms with E-state index in [1.165, 1.54) is 24.3 Å². The molecule has 3 rings (SSSR count). The van der Waals surface area contributed by atoms with Gasteiger partial charge in [0.05, 0.1) is 22.0 Å². The monoisotopic (exact) mass is 396 g/mol. The molecule has 8 nitrogen and oxygen atoms in total. The Balaban J connectivity index is 2.07. The number of carbonyl (C=O) groups is 1. The van der Waals surface area contributed by atoms with Gasteiger partial charge >= 0.3 is 0 Å². The van der Waals surface area contributed by atoms with Crippen LogP contribution in [0.5, 0.6) is 5.75 Å².